The molecule has 4 aromatic heterocycles. The van der Waals surface area contributed by atoms with Gasteiger partial charge in [-0.3, -0.25) is 19.9 Å². The molecular formula is C107H126Ir4N4O8-4. The molecule has 123 heavy (non-hydrogen) atoms. The fourth-order valence-corrected chi connectivity index (χ4v) is 16.5. The van der Waals surface area contributed by atoms with Crippen molar-refractivity contribution >= 4 is 43.6 Å². The maximum Gasteiger partial charge on any atom is 0.0911 e. The van der Waals surface area contributed by atoms with Gasteiger partial charge in [-0.1, -0.05) is 197 Å². The molecule has 4 unspecified atom stereocenters. The molecule has 4 atom stereocenters. The van der Waals surface area contributed by atoms with E-state index in [9.17, 15) is 10.2 Å². The molecule has 662 valence electrons. The van der Waals surface area contributed by atoms with Gasteiger partial charge in [-0.05, 0) is 231 Å². The molecule has 4 aliphatic carbocycles. The number of aromatic nitrogens is 4. The largest absolute Gasteiger partial charge is 0.513 e. The van der Waals surface area contributed by atoms with Crippen LogP contribution < -0.4 is 0 Å². The van der Waals surface area contributed by atoms with Gasteiger partial charge >= 0.3 is 0 Å². The quantitative estimate of drug-likeness (QED) is 0.0527. The van der Waals surface area contributed by atoms with Crippen LogP contribution in [0.25, 0.3) is 88.6 Å². The number of hydrogen-bond donors (Lipinski definition) is 8. The Kier molecular flexibility index (Phi) is 41.3. The number of fused-ring (bicyclic) bond motifs is 16. The third-order valence-electron chi connectivity index (χ3n) is 21.4. The maximum absolute atomic E-state index is 9.47. The van der Waals surface area contributed by atoms with Crippen LogP contribution in [0.15, 0.2) is 163 Å². The topological polar surface area (TPSA) is 213 Å². The second kappa shape index (κ2) is 48.1. The molecule has 8 aromatic carbocycles. The number of aliphatic hydroxyl groups is 8. The van der Waals surface area contributed by atoms with E-state index in [2.05, 4.69) is 243 Å². The molecule has 4 aliphatic rings. The van der Waals surface area contributed by atoms with Crippen LogP contribution in [0.5, 0.6) is 0 Å². The van der Waals surface area contributed by atoms with Crippen molar-refractivity contribution in [2.45, 2.75) is 248 Å². The molecule has 8 N–H and O–H groups in total. The molecule has 12 nitrogen and oxygen atoms in total. The molecule has 0 fully saturated rings. The summed E-state index contributed by atoms with van der Waals surface area (Å²) >= 11 is 0. The zero-order valence-corrected chi connectivity index (χ0v) is 85.6. The van der Waals surface area contributed by atoms with Crippen molar-refractivity contribution in [2.24, 2.45) is 11.8 Å². The Bertz CT molecular complexity index is 5680. The van der Waals surface area contributed by atoms with Crippen LogP contribution in [0.1, 0.15) is 199 Å². The molecule has 16 rings (SSSR count). The van der Waals surface area contributed by atoms with E-state index in [0.29, 0.717) is 30.4 Å². The fraction of sp³-hybridized carbons (Fsp3) is 0.364. The molecule has 0 aliphatic heterocycles. The Balaban J connectivity index is 0.000000258. The van der Waals surface area contributed by atoms with E-state index in [1.165, 1.54) is 200 Å². The molecule has 0 saturated heterocycles. The van der Waals surface area contributed by atoms with Gasteiger partial charge in [0.2, 0.25) is 0 Å². The van der Waals surface area contributed by atoms with Crippen molar-refractivity contribution in [1.29, 1.82) is 0 Å². The van der Waals surface area contributed by atoms with Crippen molar-refractivity contribution in [2.75, 3.05) is 0 Å². The van der Waals surface area contributed by atoms with Gasteiger partial charge in [0.15, 0.2) is 0 Å². The zero-order valence-electron chi connectivity index (χ0n) is 76.0. The monoisotopic (exact) mass is 2370 g/mol. The predicted octanol–water partition coefficient (Wildman–Crippen LogP) is 24.6. The average molecular weight is 2370 g/mol. The van der Waals surface area contributed by atoms with E-state index in [1.807, 2.05) is 13.8 Å². The number of allylic oxidation sites excluding steroid dienone is 4. The molecule has 12 aromatic rings. The number of pyridine rings is 4. The van der Waals surface area contributed by atoms with Gasteiger partial charge in [0.25, 0.3) is 0 Å². The Morgan fingerprint density at radius 3 is 1.07 bits per heavy atom. The summed E-state index contributed by atoms with van der Waals surface area (Å²) in [6.07, 6.45) is 13.6. The summed E-state index contributed by atoms with van der Waals surface area (Å²) in [5, 5.41) is 74.7. The van der Waals surface area contributed by atoms with Crippen LogP contribution in [0.3, 0.4) is 0 Å². The normalized spacial score (nSPS) is 13.5. The van der Waals surface area contributed by atoms with Crippen LogP contribution in [0, 0.1) is 126 Å². The number of aliphatic hydroxyl groups excluding tert-OH is 8. The van der Waals surface area contributed by atoms with E-state index < -0.39 is 24.4 Å². The Morgan fingerprint density at radius 1 is 0.333 bits per heavy atom. The van der Waals surface area contributed by atoms with Gasteiger partial charge in [0, 0.05) is 97.6 Å². The minimum Gasteiger partial charge on any atom is -0.513 e. The first-order chi connectivity index (χ1) is 56.2. The third-order valence-corrected chi connectivity index (χ3v) is 21.4. The molecule has 0 spiro atoms. The molecular weight excluding hydrogens is 2240 g/mol. The summed E-state index contributed by atoms with van der Waals surface area (Å²) < 4.78 is 0. The number of aryl methyl sites for hydroxylation is 17. The van der Waals surface area contributed by atoms with E-state index in [0.717, 1.165) is 96.2 Å². The summed E-state index contributed by atoms with van der Waals surface area (Å²) in [4.78, 5) is 19.9. The van der Waals surface area contributed by atoms with E-state index in [-0.39, 0.29) is 97.7 Å². The van der Waals surface area contributed by atoms with Gasteiger partial charge in [0.1, 0.15) is 0 Å². The standard InChI is InChI=1S/C21H20N.3C20H18N.C11H22O2.3C5H10O2.4Ir/c1-12-7-14(3)17-6-5-16-11-18-15(4)8-13(2)10-20(18)22-21(16)19(17)9-12;1-12-4-7-19-16(9-12)11-15-5-6-17-14(3)8-13(2)10-18(17)20(15)21-19;1-12-4-5-15-11-16-6-7-17-14(3)8-13(2)9-18(17)20(16)21-19(15)10-12;1-12-9-14(3)16-8-7-15-11-17-13(2)5-4-6-19(17)21-20(15)18(16)10-12;1-8(2)5-10(12)7-11(13)6-9(3)4;3*1-4(6)3-5(2)7;;;;/h7-8,10-11H,5-6H2,1-4H3;4,7-9,11H,5-6H2,1-3H3;4-5,8,10-11H,6-7H2,1-3H3;4-6,9,11H,7-8H2,1-3H3;7-10,12-13H,5-6H2,1-4H3;3*3-4,6-7H,1-2H3;;;;/q4*-1;;;;;;;;. The summed E-state index contributed by atoms with van der Waals surface area (Å²) in [6.45, 7) is 45.5. The molecule has 4 radical (unpaired) electrons. The molecule has 4 heterocycles. The third kappa shape index (κ3) is 29.5. The van der Waals surface area contributed by atoms with Crippen LogP contribution in [0.2, 0.25) is 0 Å². The van der Waals surface area contributed by atoms with Crippen LogP contribution in [-0.4, -0.2) is 85.2 Å². The van der Waals surface area contributed by atoms with E-state index in [4.69, 9.17) is 50.6 Å². The van der Waals surface area contributed by atoms with Crippen molar-refractivity contribution in [3.63, 3.8) is 0 Å². The summed E-state index contributed by atoms with van der Waals surface area (Å²) in [7, 11) is 0. The maximum atomic E-state index is 9.47. The van der Waals surface area contributed by atoms with Crippen molar-refractivity contribution in [3.05, 3.63) is 304 Å². The van der Waals surface area contributed by atoms with Crippen molar-refractivity contribution in [3.8, 4) is 45.0 Å². The van der Waals surface area contributed by atoms with Crippen molar-refractivity contribution < 1.29 is 121 Å². The number of nitrogens with zero attached hydrogens (tertiary/aromatic N) is 4. The van der Waals surface area contributed by atoms with Gasteiger partial charge in [-0.15, -0.1) is 138 Å². The SMILES string of the molecule is CC(C)CC(O)=CC(O)CC(C)C.CC(O)=CC(C)O.CC(O)=CC(C)O.CC(O)=CC(C)O.Cc1[c-]c2c(c(C)c1)CCc1cc3c(C)cc(C)cc3nc1-2.Cc1[c-]c2c(c(C)c1)CCc1cc3c(C)cccc3nc1-2.Cc1[c-]c2c(c(C)c1)CCc1cc3cc(C)ccc3nc1-2.Cc1[c-]c2c(c(C)c1)CCc1cc3ccc(C)cc3nc1-2.[Ir].[Ir].[Ir].[Ir]. The van der Waals surface area contributed by atoms with Crippen molar-refractivity contribution in [1.82, 2.24) is 19.9 Å². The van der Waals surface area contributed by atoms with E-state index >= 15 is 0 Å². The van der Waals surface area contributed by atoms with Crippen LogP contribution >= 0.6 is 0 Å². The van der Waals surface area contributed by atoms with Gasteiger partial charge in [-0.2, -0.15) is 0 Å². The summed E-state index contributed by atoms with van der Waals surface area (Å²) in [5.74, 6) is 1.68. The molecule has 0 amide bonds. The molecule has 0 bridgehead atoms. The average Bonchev–Trinajstić information content (AvgIpc) is 0.769. The molecule has 0 saturated carbocycles. The minimum absolute atomic E-state index is 0. The minimum atomic E-state index is -0.537. The number of benzene rings is 8. The smallest absolute Gasteiger partial charge is 0.0911 e. The van der Waals surface area contributed by atoms with Crippen LogP contribution in [-0.2, 0) is 132 Å². The fourth-order valence-electron chi connectivity index (χ4n) is 16.5. The Labute approximate surface area is 786 Å². The van der Waals surface area contributed by atoms with E-state index in [1.54, 1.807) is 26.8 Å². The predicted molar refractivity (Wildman–Crippen MR) is 495 cm³/mol. The van der Waals surface area contributed by atoms with Gasteiger partial charge in [0.05, 0.1) is 69.5 Å². The zero-order chi connectivity index (χ0) is 87.1. The first kappa shape index (κ1) is 106. The number of rotatable bonds is 8. The first-order valence-electron chi connectivity index (χ1n) is 42.1. The second-order valence-corrected chi connectivity index (χ2v) is 34.2. The van der Waals surface area contributed by atoms with Gasteiger partial charge in [-0.25, -0.2) is 0 Å². The summed E-state index contributed by atoms with van der Waals surface area (Å²) in [5.41, 5.74) is 41.7. The van der Waals surface area contributed by atoms with Gasteiger partial charge < -0.3 is 40.9 Å². The first-order valence-corrected chi connectivity index (χ1v) is 42.1. The second-order valence-electron chi connectivity index (χ2n) is 34.2. The van der Waals surface area contributed by atoms with Crippen LogP contribution in [0.4, 0.5) is 0 Å². The molecule has 16 heteroatoms. The number of hydrogen-bond acceptors (Lipinski definition) is 12. The Morgan fingerprint density at radius 2 is 0.683 bits per heavy atom. The summed E-state index contributed by atoms with van der Waals surface area (Å²) in [6, 6.07) is 56.2. The Hall–Kier alpha value is -8.00.